The standard InChI is InChI=1S/C22H24N4O3/c1-15(27)26-19-8-7-17(22(29)25-11-9-23-10-12-25)13-18(19)24-21(28)14-20(26)16-5-3-2-4-6-16/h2-8,13,20,23H,9-12,14H2,1H3,(H,24,28). The van der Waals surface area contributed by atoms with Crippen LogP contribution < -0.4 is 15.5 Å². The Hall–Kier alpha value is -3.19. The zero-order chi connectivity index (χ0) is 20.4. The average molecular weight is 392 g/mol. The number of hydrogen-bond donors (Lipinski definition) is 2. The number of nitrogens with zero attached hydrogens (tertiary/aromatic N) is 2. The Kier molecular flexibility index (Phi) is 5.31. The van der Waals surface area contributed by atoms with Gasteiger partial charge in [-0.05, 0) is 23.8 Å². The van der Waals surface area contributed by atoms with Gasteiger partial charge in [-0.15, -0.1) is 0 Å². The van der Waals surface area contributed by atoms with E-state index in [2.05, 4.69) is 10.6 Å². The molecule has 1 atom stereocenters. The van der Waals surface area contributed by atoms with Crippen LogP contribution in [0, 0.1) is 0 Å². The van der Waals surface area contributed by atoms with Gasteiger partial charge in [0.1, 0.15) is 0 Å². The van der Waals surface area contributed by atoms with Gasteiger partial charge in [0.15, 0.2) is 0 Å². The number of rotatable bonds is 2. The highest BCUT2D eigenvalue weighted by molar-refractivity contribution is 6.06. The summed E-state index contributed by atoms with van der Waals surface area (Å²) in [6.45, 7) is 4.33. The molecular formula is C22H24N4O3. The molecule has 7 heteroatoms. The third-order valence-electron chi connectivity index (χ3n) is 5.40. The van der Waals surface area contributed by atoms with E-state index in [1.54, 1.807) is 28.0 Å². The molecular weight excluding hydrogens is 368 g/mol. The lowest BCUT2D eigenvalue weighted by Gasteiger charge is -2.30. The number of carbonyl (C=O) groups is 3. The van der Waals surface area contributed by atoms with E-state index in [9.17, 15) is 14.4 Å². The van der Waals surface area contributed by atoms with Crippen molar-refractivity contribution in [2.24, 2.45) is 0 Å². The van der Waals surface area contributed by atoms with Crippen molar-refractivity contribution in [1.82, 2.24) is 10.2 Å². The molecule has 2 aliphatic heterocycles. The predicted octanol–water partition coefficient (Wildman–Crippen LogP) is 2.17. The summed E-state index contributed by atoms with van der Waals surface area (Å²) in [5.41, 5.74) is 2.50. The van der Waals surface area contributed by atoms with Crippen molar-refractivity contribution >= 4 is 29.1 Å². The van der Waals surface area contributed by atoms with Gasteiger partial charge >= 0.3 is 0 Å². The summed E-state index contributed by atoms with van der Waals surface area (Å²) in [7, 11) is 0. The molecule has 1 fully saturated rings. The van der Waals surface area contributed by atoms with Crippen molar-refractivity contribution in [2.45, 2.75) is 19.4 Å². The van der Waals surface area contributed by atoms with Gasteiger partial charge in [-0.2, -0.15) is 0 Å². The van der Waals surface area contributed by atoms with Crippen LogP contribution in [0.25, 0.3) is 0 Å². The fourth-order valence-corrected chi connectivity index (χ4v) is 4.00. The molecule has 2 aromatic carbocycles. The minimum atomic E-state index is -0.398. The van der Waals surface area contributed by atoms with Crippen molar-refractivity contribution < 1.29 is 14.4 Å². The number of benzene rings is 2. The fourth-order valence-electron chi connectivity index (χ4n) is 4.00. The molecule has 0 aromatic heterocycles. The topological polar surface area (TPSA) is 81.8 Å². The Labute approximate surface area is 169 Å². The van der Waals surface area contributed by atoms with Gasteiger partial charge < -0.3 is 20.4 Å². The summed E-state index contributed by atoms with van der Waals surface area (Å²) in [4.78, 5) is 41.5. The molecule has 0 bridgehead atoms. The summed E-state index contributed by atoms with van der Waals surface area (Å²) in [6.07, 6.45) is 0.152. The quantitative estimate of drug-likeness (QED) is 0.821. The normalized spacial score (nSPS) is 19.2. The van der Waals surface area contributed by atoms with E-state index in [0.29, 0.717) is 30.0 Å². The van der Waals surface area contributed by atoms with Crippen molar-refractivity contribution in [1.29, 1.82) is 0 Å². The number of piperazine rings is 1. The summed E-state index contributed by atoms with van der Waals surface area (Å²) in [5.74, 6) is -0.407. The third kappa shape index (κ3) is 3.86. The maximum Gasteiger partial charge on any atom is 0.254 e. The first-order valence-electron chi connectivity index (χ1n) is 9.83. The molecule has 3 amide bonds. The van der Waals surface area contributed by atoms with E-state index >= 15 is 0 Å². The van der Waals surface area contributed by atoms with Gasteiger partial charge in [-0.3, -0.25) is 14.4 Å². The van der Waals surface area contributed by atoms with Gasteiger partial charge in [-0.1, -0.05) is 30.3 Å². The molecule has 29 heavy (non-hydrogen) atoms. The van der Waals surface area contributed by atoms with Crippen molar-refractivity contribution in [2.75, 3.05) is 36.4 Å². The number of hydrogen-bond acceptors (Lipinski definition) is 4. The molecule has 2 heterocycles. The number of nitrogens with one attached hydrogen (secondary N) is 2. The van der Waals surface area contributed by atoms with E-state index in [-0.39, 0.29) is 24.1 Å². The highest BCUT2D eigenvalue weighted by atomic mass is 16.2. The summed E-state index contributed by atoms with van der Waals surface area (Å²) < 4.78 is 0. The van der Waals surface area contributed by atoms with E-state index < -0.39 is 6.04 Å². The van der Waals surface area contributed by atoms with Gasteiger partial charge in [0, 0.05) is 38.7 Å². The van der Waals surface area contributed by atoms with Crippen molar-refractivity contribution in [3.8, 4) is 0 Å². The summed E-state index contributed by atoms with van der Waals surface area (Å²) in [5, 5.41) is 6.12. The molecule has 2 N–H and O–H groups in total. The first-order chi connectivity index (χ1) is 14.0. The first-order valence-corrected chi connectivity index (χ1v) is 9.83. The lowest BCUT2D eigenvalue weighted by molar-refractivity contribution is -0.118. The molecule has 150 valence electrons. The largest absolute Gasteiger partial charge is 0.336 e. The molecule has 2 aliphatic rings. The van der Waals surface area contributed by atoms with Gasteiger partial charge in [0.2, 0.25) is 11.8 Å². The summed E-state index contributed by atoms with van der Waals surface area (Å²) >= 11 is 0. The number of fused-ring (bicyclic) bond motifs is 1. The highest BCUT2D eigenvalue weighted by Gasteiger charge is 2.32. The van der Waals surface area contributed by atoms with Crippen LogP contribution in [0.15, 0.2) is 48.5 Å². The minimum Gasteiger partial charge on any atom is -0.336 e. The molecule has 7 nitrogen and oxygen atoms in total. The molecule has 0 aliphatic carbocycles. The maximum atomic E-state index is 12.9. The first kappa shape index (κ1) is 19.1. The van der Waals surface area contributed by atoms with Crippen LogP contribution in [0.4, 0.5) is 11.4 Å². The molecule has 0 radical (unpaired) electrons. The van der Waals surface area contributed by atoms with Crippen molar-refractivity contribution in [3.63, 3.8) is 0 Å². The Morgan fingerprint density at radius 1 is 1.03 bits per heavy atom. The van der Waals surface area contributed by atoms with Crippen LogP contribution in [0.3, 0.4) is 0 Å². The molecule has 1 saturated heterocycles. The average Bonchev–Trinajstić information content (AvgIpc) is 2.89. The van der Waals surface area contributed by atoms with Crippen LogP contribution in [0.5, 0.6) is 0 Å². The van der Waals surface area contributed by atoms with E-state index in [0.717, 1.165) is 18.7 Å². The zero-order valence-electron chi connectivity index (χ0n) is 16.4. The molecule has 0 spiro atoms. The SMILES string of the molecule is CC(=O)N1c2ccc(C(=O)N3CCNCC3)cc2NC(=O)CC1c1ccccc1. The molecule has 0 saturated carbocycles. The molecule has 2 aromatic rings. The number of carbonyl (C=O) groups excluding carboxylic acids is 3. The van der Waals surface area contributed by atoms with Gasteiger partial charge in [0.05, 0.1) is 23.8 Å². The second kappa shape index (κ2) is 8.05. The van der Waals surface area contributed by atoms with Crippen LogP contribution in [-0.4, -0.2) is 48.8 Å². The van der Waals surface area contributed by atoms with Gasteiger partial charge in [-0.25, -0.2) is 0 Å². The fraction of sp³-hybridized carbons (Fsp3) is 0.318. The zero-order valence-corrected chi connectivity index (χ0v) is 16.4. The van der Waals surface area contributed by atoms with E-state index in [1.165, 1.54) is 6.92 Å². The number of amides is 3. The maximum absolute atomic E-state index is 12.9. The van der Waals surface area contributed by atoms with E-state index in [1.807, 2.05) is 30.3 Å². The van der Waals surface area contributed by atoms with Crippen LogP contribution in [0.1, 0.15) is 35.3 Å². The lowest BCUT2D eigenvalue weighted by Crippen LogP contribution is -2.46. The Bertz CT molecular complexity index is 938. The van der Waals surface area contributed by atoms with E-state index in [4.69, 9.17) is 0 Å². The second-order valence-corrected chi connectivity index (χ2v) is 7.34. The molecule has 4 rings (SSSR count). The molecule has 1 unspecified atom stereocenters. The van der Waals surface area contributed by atoms with Gasteiger partial charge in [0.25, 0.3) is 5.91 Å². The predicted molar refractivity (Wildman–Crippen MR) is 111 cm³/mol. The summed E-state index contributed by atoms with van der Waals surface area (Å²) in [6, 6.07) is 14.3. The van der Waals surface area contributed by atoms with Crippen LogP contribution in [0.2, 0.25) is 0 Å². The Balaban J connectivity index is 1.73. The lowest BCUT2D eigenvalue weighted by atomic mass is 10.0. The second-order valence-electron chi connectivity index (χ2n) is 7.34. The minimum absolute atomic E-state index is 0.0678. The van der Waals surface area contributed by atoms with Crippen LogP contribution in [-0.2, 0) is 9.59 Å². The third-order valence-corrected chi connectivity index (χ3v) is 5.40. The highest BCUT2D eigenvalue weighted by Crippen LogP contribution is 2.38. The Morgan fingerprint density at radius 2 is 1.76 bits per heavy atom. The van der Waals surface area contributed by atoms with Crippen LogP contribution >= 0.6 is 0 Å². The smallest absolute Gasteiger partial charge is 0.254 e. The Morgan fingerprint density at radius 3 is 2.45 bits per heavy atom. The van der Waals surface area contributed by atoms with Crippen molar-refractivity contribution in [3.05, 3.63) is 59.7 Å². The number of anilines is 2. The monoisotopic (exact) mass is 392 g/mol.